The molecule has 1 aliphatic heterocycles. The average molecular weight is 245 g/mol. The molecule has 1 saturated heterocycles. The van der Waals surface area contributed by atoms with Gasteiger partial charge in [-0.3, -0.25) is 0 Å². The molecule has 2 heteroatoms. The molecule has 18 heavy (non-hydrogen) atoms. The van der Waals surface area contributed by atoms with E-state index in [4.69, 9.17) is 4.74 Å². The van der Waals surface area contributed by atoms with E-state index in [2.05, 4.69) is 36.5 Å². The van der Waals surface area contributed by atoms with E-state index in [1.54, 1.807) is 0 Å². The first-order chi connectivity index (χ1) is 8.80. The summed E-state index contributed by atoms with van der Waals surface area (Å²) in [5.74, 6) is 0. The maximum atomic E-state index is 5.97. The molecule has 3 rings (SSSR count). The third-order valence-electron chi connectivity index (χ3n) is 4.46. The van der Waals surface area contributed by atoms with Crippen molar-refractivity contribution in [3.8, 4) is 0 Å². The highest BCUT2D eigenvalue weighted by Gasteiger charge is 2.42. The molecule has 1 aromatic carbocycles. The predicted molar refractivity (Wildman–Crippen MR) is 75.0 cm³/mol. The van der Waals surface area contributed by atoms with Crippen molar-refractivity contribution >= 4 is 5.69 Å². The Labute approximate surface area is 110 Å². The van der Waals surface area contributed by atoms with Crippen LogP contribution in [0.3, 0.4) is 0 Å². The zero-order valence-corrected chi connectivity index (χ0v) is 11.2. The minimum Gasteiger partial charge on any atom is -0.382 e. The van der Waals surface area contributed by atoms with Gasteiger partial charge in [0, 0.05) is 18.3 Å². The molecule has 1 aliphatic carbocycles. The molecule has 0 bridgehead atoms. The van der Waals surface area contributed by atoms with Gasteiger partial charge in [0.05, 0.1) is 5.60 Å². The third-order valence-corrected chi connectivity index (χ3v) is 4.46. The number of hydrogen-bond donors (Lipinski definition) is 1. The lowest BCUT2D eigenvalue weighted by atomic mass is 9.74. The Morgan fingerprint density at radius 1 is 1.39 bits per heavy atom. The molecular formula is C16H23NO. The van der Waals surface area contributed by atoms with E-state index >= 15 is 0 Å². The lowest BCUT2D eigenvalue weighted by molar-refractivity contribution is -0.130. The molecule has 1 heterocycles. The average Bonchev–Trinajstić information content (AvgIpc) is 2.37. The van der Waals surface area contributed by atoms with Crippen LogP contribution >= 0.6 is 0 Å². The summed E-state index contributed by atoms with van der Waals surface area (Å²) in [4.78, 5) is 0. The zero-order valence-electron chi connectivity index (χ0n) is 11.2. The van der Waals surface area contributed by atoms with E-state index < -0.39 is 0 Å². The van der Waals surface area contributed by atoms with Crippen LogP contribution < -0.4 is 5.32 Å². The topological polar surface area (TPSA) is 21.3 Å². The molecule has 98 valence electrons. The van der Waals surface area contributed by atoms with Gasteiger partial charge in [-0.05, 0) is 56.2 Å². The second-order valence-corrected chi connectivity index (χ2v) is 5.77. The number of aryl methyl sites for hydroxylation is 1. The van der Waals surface area contributed by atoms with Crippen molar-refractivity contribution in [1.29, 1.82) is 0 Å². The molecule has 2 aliphatic rings. The molecule has 1 atom stereocenters. The van der Waals surface area contributed by atoms with Crippen molar-refractivity contribution in [2.24, 2.45) is 0 Å². The highest BCUT2D eigenvalue weighted by molar-refractivity contribution is 5.46. The summed E-state index contributed by atoms with van der Waals surface area (Å²) in [5.41, 5.74) is 2.92. The second-order valence-electron chi connectivity index (χ2n) is 5.77. The Balaban J connectivity index is 1.64. The van der Waals surface area contributed by atoms with Crippen LogP contribution in [0.5, 0.6) is 0 Å². The number of anilines is 1. The van der Waals surface area contributed by atoms with Gasteiger partial charge in [0.15, 0.2) is 0 Å². The van der Waals surface area contributed by atoms with Crippen LogP contribution in [0.2, 0.25) is 0 Å². The minimum absolute atomic E-state index is 0.234. The van der Waals surface area contributed by atoms with Crippen molar-refractivity contribution in [2.45, 2.75) is 57.1 Å². The molecule has 1 unspecified atom stereocenters. The number of benzene rings is 1. The molecule has 0 aromatic heterocycles. The molecule has 0 amide bonds. The van der Waals surface area contributed by atoms with E-state index in [0.29, 0.717) is 6.04 Å². The Kier molecular flexibility index (Phi) is 3.29. The normalized spacial score (nSPS) is 25.7. The van der Waals surface area contributed by atoms with Gasteiger partial charge in [-0.25, -0.2) is 0 Å². The molecule has 2 nitrogen and oxygen atoms in total. The molecule has 1 spiro atoms. The van der Waals surface area contributed by atoms with Crippen LogP contribution in [0.1, 0.15) is 44.6 Å². The van der Waals surface area contributed by atoms with Gasteiger partial charge >= 0.3 is 0 Å². The summed E-state index contributed by atoms with van der Waals surface area (Å²) in [5, 5.41) is 3.70. The molecule has 1 aromatic rings. The minimum atomic E-state index is 0.234. The summed E-state index contributed by atoms with van der Waals surface area (Å²) in [6, 6.07) is 9.40. The smallest absolute Gasteiger partial charge is 0.0702 e. The van der Waals surface area contributed by atoms with Crippen LogP contribution in [-0.2, 0) is 11.2 Å². The van der Waals surface area contributed by atoms with Crippen molar-refractivity contribution in [3.63, 3.8) is 0 Å². The lowest BCUT2D eigenvalue weighted by Crippen LogP contribution is -2.49. The van der Waals surface area contributed by atoms with Gasteiger partial charge in [0.25, 0.3) is 0 Å². The fraction of sp³-hybridized carbons (Fsp3) is 0.625. The Hall–Kier alpha value is -1.02. The number of ether oxygens (including phenoxy) is 1. The van der Waals surface area contributed by atoms with E-state index in [0.717, 1.165) is 19.4 Å². The Morgan fingerprint density at radius 2 is 2.28 bits per heavy atom. The zero-order chi connectivity index (χ0) is 12.4. The van der Waals surface area contributed by atoms with Gasteiger partial charge < -0.3 is 10.1 Å². The van der Waals surface area contributed by atoms with Crippen LogP contribution in [-0.4, -0.2) is 18.2 Å². The van der Waals surface area contributed by atoms with E-state index in [1.165, 1.54) is 36.9 Å². The number of hydrogen-bond acceptors (Lipinski definition) is 2. The highest BCUT2D eigenvalue weighted by atomic mass is 16.5. The number of nitrogens with one attached hydrogen (secondary N) is 1. The highest BCUT2D eigenvalue weighted by Crippen LogP contribution is 2.42. The van der Waals surface area contributed by atoms with Crippen LogP contribution in [0.4, 0.5) is 5.69 Å². The number of rotatable bonds is 3. The van der Waals surface area contributed by atoms with Crippen molar-refractivity contribution in [2.75, 3.05) is 11.9 Å². The largest absolute Gasteiger partial charge is 0.382 e. The monoisotopic (exact) mass is 245 g/mol. The van der Waals surface area contributed by atoms with Crippen molar-refractivity contribution in [1.82, 2.24) is 0 Å². The molecule has 1 N–H and O–H groups in total. The van der Waals surface area contributed by atoms with Crippen molar-refractivity contribution in [3.05, 3.63) is 29.8 Å². The van der Waals surface area contributed by atoms with Gasteiger partial charge in [0.2, 0.25) is 0 Å². The van der Waals surface area contributed by atoms with Gasteiger partial charge in [-0.1, -0.05) is 19.1 Å². The summed E-state index contributed by atoms with van der Waals surface area (Å²) in [7, 11) is 0. The first-order valence-electron chi connectivity index (χ1n) is 7.29. The molecule has 0 radical (unpaired) electrons. The first-order valence-corrected chi connectivity index (χ1v) is 7.29. The van der Waals surface area contributed by atoms with Crippen LogP contribution in [0.25, 0.3) is 0 Å². The SMILES string of the molecule is CCc1cccc(NC2CCOC3(CCC3)C2)c1. The maximum absolute atomic E-state index is 5.97. The van der Waals surface area contributed by atoms with Crippen LogP contribution in [0, 0.1) is 0 Å². The lowest BCUT2D eigenvalue weighted by Gasteiger charge is -2.47. The van der Waals surface area contributed by atoms with Crippen molar-refractivity contribution < 1.29 is 4.74 Å². The summed E-state index contributed by atoms with van der Waals surface area (Å²) < 4.78 is 5.97. The fourth-order valence-electron chi connectivity index (χ4n) is 3.19. The predicted octanol–water partition coefficient (Wildman–Crippen LogP) is 3.76. The molecule has 2 fully saturated rings. The third kappa shape index (κ3) is 2.39. The van der Waals surface area contributed by atoms with E-state index in [1.807, 2.05) is 0 Å². The maximum Gasteiger partial charge on any atom is 0.0702 e. The Bertz CT molecular complexity index is 411. The second kappa shape index (κ2) is 4.93. The summed E-state index contributed by atoms with van der Waals surface area (Å²) >= 11 is 0. The van der Waals surface area contributed by atoms with Crippen LogP contribution in [0.15, 0.2) is 24.3 Å². The molecular weight excluding hydrogens is 222 g/mol. The van der Waals surface area contributed by atoms with E-state index in [-0.39, 0.29) is 5.60 Å². The van der Waals surface area contributed by atoms with Gasteiger partial charge in [0.1, 0.15) is 0 Å². The Morgan fingerprint density at radius 3 is 3.00 bits per heavy atom. The summed E-state index contributed by atoms with van der Waals surface area (Å²) in [6.07, 6.45) is 7.30. The standard InChI is InChI=1S/C16H23NO/c1-2-13-5-3-6-14(11-13)17-15-7-10-18-16(12-15)8-4-9-16/h3,5-6,11,15,17H,2,4,7-10,12H2,1H3. The van der Waals surface area contributed by atoms with Gasteiger partial charge in [-0.2, -0.15) is 0 Å². The first kappa shape index (κ1) is 12.0. The van der Waals surface area contributed by atoms with E-state index in [9.17, 15) is 0 Å². The quantitative estimate of drug-likeness (QED) is 0.875. The van der Waals surface area contributed by atoms with Gasteiger partial charge in [-0.15, -0.1) is 0 Å². The molecule has 1 saturated carbocycles. The fourth-order valence-corrected chi connectivity index (χ4v) is 3.19. The summed E-state index contributed by atoms with van der Waals surface area (Å²) in [6.45, 7) is 3.13.